The molecule has 0 aliphatic rings. The second-order valence-corrected chi connectivity index (χ2v) is 10.6. The summed E-state index contributed by atoms with van der Waals surface area (Å²) in [7, 11) is 0.765. The lowest BCUT2D eigenvalue weighted by Gasteiger charge is -2.30. The van der Waals surface area contributed by atoms with Crippen LogP contribution >= 0.6 is 0 Å². The zero-order chi connectivity index (χ0) is 22.5. The summed E-state index contributed by atoms with van der Waals surface area (Å²) in [5, 5.41) is 2.63. The molecule has 0 saturated carbocycles. The first-order chi connectivity index (χ1) is 14.2. The summed E-state index contributed by atoms with van der Waals surface area (Å²) in [6.45, 7) is 5.88. The molecule has 172 valence electrons. The van der Waals surface area contributed by atoms with Crippen molar-refractivity contribution in [2.45, 2.75) is 76.5 Å². The summed E-state index contributed by atoms with van der Waals surface area (Å²) in [6, 6.07) is 6.21. The topological polar surface area (TPSA) is 75.3 Å². The van der Waals surface area contributed by atoms with Crippen molar-refractivity contribution in [3.63, 3.8) is 0 Å². The number of anilines is 1. The molecule has 30 heavy (non-hydrogen) atoms. The van der Waals surface area contributed by atoms with Crippen LogP contribution in [0.4, 0.5) is 5.69 Å². The molecule has 0 bridgehead atoms. The Hall–Kier alpha value is -1.44. The summed E-state index contributed by atoms with van der Waals surface area (Å²) in [4.78, 5) is 11.3. The van der Waals surface area contributed by atoms with Gasteiger partial charge in [0.2, 0.25) is 15.9 Å². The van der Waals surface area contributed by atoms with Gasteiger partial charge < -0.3 is 9.80 Å². The Bertz CT molecular complexity index is 716. The monoisotopic (exact) mass is 440 g/mol. The third kappa shape index (κ3) is 11.7. The van der Waals surface area contributed by atoms with E-state index in [1.165, 1.54) is 76.8 Å². The van der Waals surface area contributed by atoms with Gasteiger partial charge in [0.1, 0.15) is 0 Å². The number of hydrogen-bond donors (Lipinski definition) is 2. The van der Waals surface area contributed by atoms with Crippen molar-refractivity contribution in [1.82, 2.24) is 4.72 Å². The van der Waals surface area contributed by atoms with Gasteiger partial charge in [-0.25, -0.2) is 13.1 Å². The first-order valence-corrected chi connectivity index (χ1v) is 12.8. The molecule has 0 aromatic heterocycles. The van der Waals surface area contributed by atoms with Crippen LogP contribution in [0, 0.1) is 0 Å². The van der Waals surface area contributed by atoms with Crippen LogP contribution < -0.4 is 10.0 Å². The van der Waals surface area contributed by atoms with Crippen LogP contribution in [0.5, 0.6) is 0 Å². The number of nitrogens with one attached hydrogen (secondary N) is 2. The smallest absolute Gasteiger partial charge is 0.240 e. The molecule has 0 saturated heterocycles. The maximum atomic E-state index is 12.5. The number of hydrogen-bond acceptors (Lipinski definition) is 3. The van der Waals surface area contributed by atoms with Crippen LogP contribution in [0.15, 0.2) is 29.2 Å². The van der Waals surface area contributed by atoms with Crippen LogP contribution in [0.1, 0.15) is 71.6 Å². The van der Waals surface area contributed by atoms with Gasteiger partial charge in [0.05, 0.1) is 38.6 Å². The first kappa shape index (κ1) is 26.6. The Balaban J connectivity index is 2.27. The fraction of sp³-hybridized carbons (Fsp3) is 0.696. The van der Waals surface area contributed by atoms with E-state index in [0.717, 1.165) is 17.6 Å². The number of amides is 1. The van der Waals surface area contributed by atoms with Crippen molar-refractivity contribution in [1.29, 1.82) is 0 Å². The molecule has 0 fully saturated rings. The SMILES string of the molecule is CCCCCCCCCCC[N+](C)(C)CCNS(=O)(=O)c1ccc(NC(C)=O)cc1. The fourth-order valence-corrected chi connectivity index (χ4v) is 4.47. The van der Waals surface area contributed by atoms with E-state index in [1.807, 2.05) is 0 Å². The zero-order valence-electron chi connectivity index (χ0n) is 19.4. The van der Waals surface area contributed by atoms with Crippen molar-refractivity contribution < 1.29 is 17.7 Å². The highest BCUT2D eigenvalue weighted by atomic mass is 32.2. The summed E-state index contributed by atoms with van der Waals surface area (Å²) < 4.78 is 28.4. The van der Waals surface area contributed by atoms with Gasteiger partial charge in [0, 0.05) is 12.6 Å². The number of nitrogens with zero attached hydrogens (tertiary/aromatic N) is 1. The molecule has 0 spiro atoms. The number of carbonyl (C=O) groups excluding carboxylic acids is 1. The van der Waals surface area contributed by atoms with Crippen LogP contribution in [0.25, 0.3) is 0 Å². The number of carbonyl (C=O) groups is 1. The van der Waals surface area contributed by atoms with E-state index in [2.05, 4.69) is 31.1 Å². The maximum Gasteiger partial charge on any atom is 0.240 e. The molecule has 0 aliphatic heterocycles. The minimum Gasteiger partial charge on any atom is -0.327 e. The van der Waals surface area contributed by atoms with Gasteiger partial charge in [0.25, 0.3) is 0 Å². The molecule has 7 heteroatoms. The van der Waals surface area contributed by atoms with Gasteiger partial charge in [-0.05, 0) is 37.1 Å². The molecule has 0 atom stereocenters. The van der Waals surface area contributed by atoms with Gasteiger partial charge in [0.15, 0.2) is 0 Å². The highest BCUT2D eigenvalue weighted by Gasteiger charge is 2.18. The number of unbranched alkanes of at least 4 members (excludes halogenated alkanes) is 8. The number of likely N-dealkylation sites (N-methyl/N-ethyl adjacent to an activating group) is 1. The summed E-state index contributed by atoms with van der Waals surface area (Å²) in [5.74, 6) is -0.185. The van der Waals surface area contributed by atoms with Gasteiger partial charge in [-0.2, -0.15) is 0 Å². The van der Waals surface area contributed by atoms with E-state index in [9.17, 15) is 13.2 Å². The minimum atomic E-state index is -3.54. The molecule has 1 amide bonds. The van der Waals surface area contributed by atoms with Gasteiger partial charge in [-0.15, -0.1) is 0 Å². The summed E-state index contributed by atoms with van der Waals surface area (Å²) in [6.07, 6.45) is 11.8. The third-order valence-electron chi connectivity index (χ3n) is 5.36. The molecular formula is C23H42N3O3S+. The molecule has 0 radical (unpaired) electrons. The molecular weight excluding hydrogens is 398 g/mol. The summed E-state index contributed by atoms with van der Waals surface area (Å²) >= 11 is 0. The highest BCUT2D eigenvalue weighted by Crippen LogP contribution is 2.14. The van der Waals surface area contributed by atoms with Gasteiger partial charge >= 0.3 is 0 Å². The number of benzene rings is 1. The second-order valence-electron chi connectivity index (χ2n) is 8.81. The van der Waals surface area contributed by atoms with E-state index in [0.29, 0.717) is 12.2 Å². The van der Waals surface area contributed by atoms with Crippen molar-refractivity contribution in [2.75, 3.05) is 39.0 Å². The van der Waals surface area contributed by atoms with Crippen LogP contribution in [0.2, 0.25) is 0 Å². The molecule has 0 unspecified atom stereocenters. The van der Waals surface area contributed by atoms with E-state index < -0.39 is 10.0 Å². The quantitative estimate of drug-likeness (QED) is 0.293. The molecule has 0 heterocycles. The fourth-order valence-electron chi connectivity index (χ4n) is 3.45. The summed E-state index contributed by atoms with van der Waals surface area (Å²) in [5.41, 5.74) is 0.584. The van der Waals surface area contributed by atoms with Crippen LogP contribution in [-0.2, 0) is 14.8 Å². The second kappa shape index (κ2) is 13.8. The lowest BCUT2D eigenvalue weighted by molar-refractivity contribution is -0.889. The Morgan fingerprint density at radius 2 is 1.40 bits per heavy atom. The number of sulfonamides is 1. The number of rotatable bonds is 16. The van der Waals surface area contributed by atoms with E-state index in [1.54, 1.807) is 12.1 Å². The largest absolute Gasteiger partial charge is 0.327 e. The zero-order valence-corrected chi connectivity index (χ0v) is 20.2. The maximum absolute atomic E-state index is 12.5. The van der Waals surface area contributed by atoms with Crippen LogP contribution in [-0.4, -0.2) is 52.5 Å². The Morgan fingerprint density at radius 3 is 1.93 bits per heavy atom. The van der Waals surface area contributed by atoms with Gasteiger partial charge in [-0.3, -0.25) is 4.79 Å². The molecule has 6 nitrogen and oxygen atoms in total. The normalized spacial score (nSPS) is 12.1. The molecule has 1 aromatic carbocycles. The van der Waals surface area contributed by atoms with Gasteiger partial charge in [-0.1, -0.05) is 51.9 Å². The lowest BCUT2D eigenvalue weighted by atomic mass is 10.1. The highest BCUT2D eigenvalue weighted by molar-refractivity contribution is 7.89. The molecule has 1 rings (SSSR count). The Morgan fingerprint density at radius 1 is 0.867 bits per heavy atom. The third-order valence-corrected chi connectivity index (χ3v) is 6.84. The van der Waals surface area contributed by atoms with Crippen molar-refractivity contribution in [3.05, 3.63) is 24.3 Å². The predicted molar refractivity (Wildman–Crippen MR) is 125 cm³/mol. The average molecular weight is 441 g/mol. The number of quaternary nitrogens is 1. The predicted octanol–water partition coefficient (Wildman–Crippen LogP) is 4.53. The average Bonchev–Trinajstić information content (AvgIpc) is 2.66. The van der Waals surface area contributed by atoms with Crippen molar-refractivity contribution in [3.8, 4) is 0 Å². The molecule has 2 N–H and O–H groups in total. The van der Waals surface area contributed by atoms with Crippen molar-refractivity contribution >= 4 is 21.6 Å². The molecule has 1 aromatic rings. The Kier molecular flexibility index (Phi) is 12.2. The Labute approximate surface area is 184 Å². The molecule has 0 aliphatic carbocycles. The van der Waals surface area contributed by atoms with E-state index in [-0.39, 0.29) is 10.8 Å². The lowest BCUT2D eigenvalue weighted by Crippen LogP contribution is -2.45. The standard InChI is InChI=1S/C23H41N3O3S/c1-5-6-7-8-9-10-11-12-13-19-26(3,4)20-18-24-30(28,29)23-16-14-22(15-17-23)25-21(2)27/h14-17,24H,5-13,18-20H2,1-4H3/p+1. The van der Waals surface area contributed by atoms with Crippen LogP contribution in [0.3, 0.4) is 0 Å². The minimum absolute atomic E-state index is 0.185. The van der Waals surface area contributed by atoms with Crippen molar-refractivity contribution in [2.24, 2.45) is 0 Å². The first-order valence-electron chi connectivity index (χ1n) is 11.4. The van der Waals surface area contributed by atoms with E-state index >= 15 is 0 Å². The van der Waals surface area contributed by atoms with E-state index in [4.69, 9.17) is 0 Å².